The van der Waals surface area contributed by atoms with Crippen molar-refractivity contribution in [1.82, 2.24) is 14.5 Å². The van der Waals surface area contributed by atoms with Gasteiger partial charge in [-0.25, -0.2) is 36.7 Å². The van der Waals surface area contributed by atoms with E-state index in [9.17, 15) is 23.1 Å². The second-order valence-corrected chi connectivity index (χ2v) is 11.8. The number of aromatic carboxylic acids is 1. The average molecular weight is 638 g/mol. The highest BCUT2D eigenvalue weighted by molar-refractivity contribution is 5.92. The van der Waals surface area contributed by atoms with Gasteiger partial charge in [0.15, 0.2) is 0 Å². The van der Waals surface area contributed by atoms with Crippen molar-refractivity contribution >= 4 is 17.0 Å². The Balaban J connectivity index is 1.29. The van der Waals surface area contributed by atoms with Crippen molar-refractivity contribution in [3.63, 3.8) is 0 Å². The normalized spacial score (nSPS) is 16.0. The number of imidazole rings is 1. The van der Waals surface area contributed by atoms with E-state index in [1.165, 1.54) is 36.4 Å². The molecule has 1 aliphatic heterocycles. The lowest BCUT2D eigenvalue weighted by atomic mass is 9.87. The fourth-order valence-electron chi connectivity index (χ4n) is 5.63. The van der Waals surface area contributed by atoms with Gasteiger partial charge in [-0.05, 0) is 48.0 Å². The molecule has 0 aliphatic carbocycles. The Morgan fingerprint density at radius 3 is 2.48 bits per heavy atom. The molecule has 1 aliphatic rings. The summed E-state index contributed by atoms with van der Waals surface area (Å²) in [6.45, 7) is 4.51. The standard InChI is InChI=1S/C34H28F5N3O4/c1-34(2)17-45-16-29(34)42-28-12-19(33(43)44)8-9-27(28)40-30(42)13-21-11-25(37)22(14-24(21)36)26-4-3-5-31(41-26)46-15-20-7-6-18(32(38)39)10-23(20)35/h3-12,14,29,32H,13,15-17H2,1-2H3,(H,43,44). The monoisotopic (exact) mass is 637 g/mol. The SMILES string of the molecule is CC1(C)COCC1n1c(Cc2cc(F)c(-c3cccc(OCc4ccc(C(F)F)cc4F)n3)cc2F)nc2ccc(C(=O)O)cc21. The van der Waals surface area contributed by atoms with Crippen molar-refractivity contribution in [2.45, 2.75) is 39.3 Å². The van der Waals surface area contributed by atoms with Gasteiger partial charge < -0.3 is 19.1 Å². The third-order valence-corrected chi connectivity index (χ3v) is 8.16. The molecule has 0 spiro atoms. The van der Waals surface area contributed by atoms with Crippen LogP contribution >= 0.6 is 0 Å². The van der Waals surface area contributed by atoms with Gasteiger partial charge in [0.05, 0.1) is 41.5 Å². The Morgan fingerprint density at radius 1 is 1.00 bits per heavy atom. The second-order valence-electron chi connectivity index (χ2n) is 11.8. The minimum absolute atomic E-state index is 0.00503. The predicted molar refractivity (Wildman–Crippen MR) is 158 cm³/mol. The van der Waals surface area contributed by atoms with Crippen molar-refractivity contribution in [2.24, 2.45) is 5.41 Å². The number of ether oxygens (including phenoxy) is 2. The van der Waals surface area contributed by atoms with Crippen molar-refractivity contribution in [2.75, 3.05) is 13.2 Å². The molecule has 2 aromatic heterocycles. The summed E-state index contributed by atoms with van der Waals surface area (Å²) in [5.41, 5.74) is 0.341. The first-order chi connectivity index (χ1) is 21.9. The summed E-state index contributed by atoms with van der Waals surface area (Å²) in [4.78, 5) is 20.6. The van der Waals surface area contributed by atoms with Crippen LogP contribution in [-0.2, 0) is 17.8 Å². The van der Waals surface area contributed by atoms with Gasteiger partial charge in [-0.3, -0.25) is 0 Å². The first-order valence-corrected chi connectivity index (χ1v) is 14.4. The van der Waals surface area contributed by atoms with E-state index in [1.54, 1.807) is 6.07 Å². The van der Waals surface area contributed by atoms with E-state index in [0.29, 0.717) is 30.1 Å². The van der Waals surface area contributed by atoms with Crippen LogP contribution in [0, 0.1) is 22.9 Å². The number of carbonyl (C=O) groups is 1. The molecule has 1 saturated heterocycles. The molecular weight excluding hydrogens is 609 g/mol. The Morgan fingerprint density at radius 2 is 1.78 bits per heavy atom. The number of fused-ring (bicyclic) bond motifs is 1. The molecule has 3 heterocycles. The van der Waals surface area contributed by atoms with E-state index in [1.807, 2.05) is 18.4 Å². The number of nitrogens with zero attached hydrogens (tertiary/aromatic N) is 3. The molecule has 46 heavy (non-hydrogen) atoms. The van der Waals surface area contributed by atoms with Gasteiger partial charge in [0, 0.05) is 34.6 Å². The van der Waals surface area contributed by atoms with E-state index < -0.39 is 35.4 Å². The molecule has 7 nitrogen and oxygen atoms in total. The highest BCUT2D eigenvalue weighted by Crippen LogP contribution is 2.40. The molecular formula is C34H28F5N3O4. The number of aromatic nitrogens is 3. The number of hydrogen-bond acceptors (Lipinski definition) is 5. The summed E-state index contributed by atoms with van der Waals surface area (Å²) in [5, 5.41) is 9.57. The molecule has 5 aromatic rings. The molecule has 0 radical (unpaired) electrons. The van der Waals surface area contributed by atoms with Crippen molar-refractivity contribution in [3.8, 4) is 17.1 Å². The Hall–Kier alpha value is -4.84. The maximum absolute atomic E-state index is 15.6. The van der Waals surface area contributed by atoms with Crippen LogP contribution in [0.25, 0.3) is 22.3 Å². The van der Waals surface area contributed by atoms with Gasteiger partial charge in [0.25, 0.3) is 6.43 Å². The van der Waals surface area contributed by atoms with E-state index >= 15 is 8.78 Å². The smallest absolute Gasteiger partial charge is 0.335 e. The van der Waals surface area contributed by atoms with E-state index in [2.05, 4.69) is 9.97 Å². The number of alkyl halides is 2. The zero-order valence-corrected chi connectivity index (χ0v) is 24.7. The predicted octanol–water partition coefficient (Wildman–Crippen LogP) is 7.92. The summed E-state index contributed by atoms with van der Waals surface area (Å²) < 4.78 is 84.2. The van der Waals surface area contributed by atoms with Crippen molar-refractivity contribution < 1.29 is 41.3 Å². The number of carboxylic acid groups (broad SMARTS) is 1. The molecule has 0 bridgehead atoms. The third-order valence-electron chi connectivity index (χ3n) is 8.16. The zero-order chi connectivity index (χ0) is 32.7. The van der Waals surface area contributed by atoms with Crippen LogP contribution in [0.15, 0.2) is 66.7 Å². The molecule has 0 amide bonds. The first kappa shape index (κ1) is 31.2. The minimum Gasteiger partial charge on any atom is -0.478 e. The number of rotatable bonds is 9. The van der Waals surface area contributed by atoms with E-state index in [4.69, 9.17) is 9.47 Å². The summed E-state index contributed by atoms with van der Waals surface area (Å²) in [5.74, 6) is -3.00. The molecule has 3 aromatic carbocycles. The van der Waals surface area contributed by atoms with Gasteiger partial charge in [0.1, 0.15) is 29.9 Å². The summed E-state index contributed by atoms with van der Waals surface area (Å²) in [7, 11) is 0. The minimum atomic E-state index is -2.81. The quantitative estimate of drug-likeness (QED) is 0.165. The van der Waals surface area contributed by atoms with Crippen LogP contribution in [0.4, 0.5) is 22.0 Å². The number of benzene rings is 3. The van der Waals surface area contributed by atoms with E-state index in [0.717, 1.165) is 24.3 Å². The van der Waals surface area contributed by atoms with Crippen molar-refractivity contribution in [1.29, 1.82) is 0 Å². The molecule has 6 rings (SSSR count). The van der Waals surface area contributed by atoms with Crippen LogP contribution in [0.1, 0.15) is 59.2 Å². The Kier molecular flexibility index (Phi) is 8.24. The lowest BCUT2D eigenvalue weighted by Gasteiger charge is -2.28. The fourth-order valence-corrected chi connectivity index (χ4v) is 5.63. The molecule has 1 atom stereocenters. The fraction of sp³-hybridized carbons (Fsp3) is 0.265. The lowest BCUT2D eigenvalue weighted by molar-refractivity contribution is 0.0697. The number of carboxylic acids is 1. The largest absolute Gasteiger partial charge is 0.478 e. The maximum Gasteiger partial charge on any atom is 0.335 e. The van der Waals surface area contributed by atoms with Gasteiger partial charge in [-0.1, -0.05) is 32.0 Å². The molecule has 1 fully saturated rings. The first-order valence-electron chi connectivity index (χ1n) is 14.4. The van der Waals surface area contributed by atoms with Crippen LogP contribution in [0.5, 0.6) is 5.88 Å². The molecule has 1 N–H and O–H groups in total. The van der Waals surface area contributed by atoms with Gasteiger partial charge in [-0.2, -0.15) is 0 Å². The van der Waals surface area contributed by atoms with Crippen LogP contribution in [0.2, 0.25) is 0 Å². The molecule has 12 heteroatoms. The topological polar surface area (TPSA) is 86.5 Å². The zero-order valence-electron chi connectivity index (χ0n) is 24.7. The van der Waals surface area contributed by atoms with E-state index in [-0.39, 0.29) is 58.3 Å². The second kappa shape index (κ2) is 12.2. The highest BCUT2D eigenvalue weighted by Gasteiger charge is 2.39. The average Bonchev–Trinajstić information content (AvgIpc) is 3.55. The third kappa shape index (κ3) is 6.04. The Labute approximate surface area is 260 Å². The number of halogens is 5. The molecule has 0 saturated carbocycles. The number of hydrogen-bond donors (Lipinski definition) is 1. The van der Waals surface area contributed by atoms with Crippen LogP contribution < -0.4 is 4.74 Å². The highest BCUT2D eigenvalue weighted by atomic mass is 19.3. The van der Waals surface area contributed by atoms with Gasteiger partial charge in [-0.15, -0.1) is 0 Å². The van der Waals surface area contributed by atoms with Crippen molar-refractivity contribution in [3.05, 3.63) is 112 Å². The van der Waals surface area contributed by atoms with Crippen LogP contribution in [0.3, 0.4) is 0 Å². The molecule has 238 valence electrons. The van der Waals surface area contributed by atoms with Gasteiger partial charge in [0.2, 0.25) is 5.88 Å². The van der Waals surface area contributed by atoms with Crippen LogP contribution in [-0.4, -0.2) is 38.8 Å². The molecule has 1 unspecified atom stereocenters. The Bertz CT molecular complexity index is 1960. The summed E-state index contributed by atoms with van der Waals surface area (Å²) >= 11 is 0. The lowest BCUT2D eigenvalue weighted by Crippen LogP contribution is -2.27. The summed E-state index contributed by atoms with van der Waals surface area (Å²) in [6.07, 6.45) is -2.90. The van der Waals surface area contributed by atoms with Gasteiger partial charge >= 0.3 is 5.97 Å². The summed E-state index contributed by atoms with van der Waals surface area (Å²) in [6, 6.07) is 13.9. The maximum atomic E-state index is 15.6. The number of pyridine rings is 1.